The number of nitrogens with zero attached hydrogens (tertiary/aromatic N) is 3. The molecule has 6 nitrogen and oxygen atoms in total. The summed E-state index contributed by atoms with van der Waals surface area (Å²) in [5.41, 5.74) is 0. The molecule has 1 saturated heterocycles. The standard InChI is InChI=1S/C19H23N3O3S2/c1-2-10-21(15-17-5-4-13-26-17)19(23)16-7-11-22(12-8-16)27(24,25)18-6-3-9-20-14-18/h2-6,9,13-14,16H,1,7-8,10-12,15H2. The van der Waals surface area contributed by atoms with E-state index >= 15 is 0 Å². The number of carbonyl (C=O) groups is 1. The predicted octanol–water partition coefficient (Wildman–Crippen LogP) is 2.76. The lowest BCUT2D eigenvalue weighted by Gasteiger charge is -2.33. The molecule has 0 aliphatic carbocycles. The Morgan fingerprint density at radius 2 is 2.11 bits per heavy atom. The van der Waals surface area contributed by atoms with E-state index in [9.17, 15) is 13.2 Å². The topological polar surface area (TPSA) is 70.6 Å². The molecule has 0 radical (unpaired) electrons. The van der Waals surface area contributed by atoms with Crippen molar-refractivity contribution in [1.82, 2.24) is 14.2 Å². The number of rotatable bonds is 7. The van der Waals surface area contributed by atoms with E-state index in [0.29, 0.717) is 39.0 Å². The van der Waals surface area contributed by atoms with Crippen molar-refractivity contribution >= 4 is 27.3 Å². The van der Waals surface area contributed by atoms with Crippen LogP contribution in [0.15, 0.2) is 59.6 Å². The molecule has 0 aromatic carbocycles. The first-order chi connectivity index (χ1) is 13.0. The van der Waals surface area contributed by atoms with E-state index in [-0.39, 0.29) is 16.7 Å². The SMILES string of the molecule is C=CCN(Cc1cccs1)C(=O)C1CCN(S(=O)(=O)c2cccnc2)CC1. The smallest absolute Gasteiger partial charge is 0.244 e. The first-order valence-electron chi connectivity index (χ1n) is 8.84. The number of amides is 1. The normalized spacial score (nSPS) is 16.1. The lowest BCUT2D eigenvalue weighted by atomic mass is 9.96. The van der Waals surface area contributed by atoms with E-state index in [4.69, 9.17) is 0 Å². The summed E-state index contributed by atoms with van der Waals surface area (Å²) in [7, 11) is -3.55. The van der Waals surface area contributed by atoms with Crippen LogP contribution < -0.4 is 0 Å². The van der Waals surface area contributed by atoms with Gasteiger partial charge >= 0.3 is 0 Å². The van der Waals surface area contributed by atoms with Crippen LogP contribution in [0.5, 0.6) is 0 Å². The first kappa shape index (κ1) is 19.7. The quantitative estimate of drug-likeness (QED) is 0.664. The molecule has 1 fully saturated rings. The third-order valence-corrected chi connectivity index (χ3v) is 7.41. The number of hydrogen-bond acceptors (Lipinski definition) is 5. The summed E-state index contributed by atoms with van der Waals surface area (Å²) in [5, 5.41) is 1.99. The molecule has 3 rings (SSSR count). The van der Waals surface area contributed by atoms with Crippen LogP contribution in [-0.4, -0.2) is 48.1 Å². The van der Waals surface area contributed by atoms with Crippen LogP contribution in [0.3, 0.4) is 0 Å². The first-order valence-corrected chi connectivity index (χ1v) is 11.2. The van der Waals surface area contributed by atoms with Crippen molar-refractivity contribution in [2.75, 3.05) is 19.6 Å². The fraction of sp³-hybridized carbons (Fsp3) is 0.368. The van der Waals surface area contributed by atoms with Gasteiger partial charge in [-0.3, -0.25) is 9.78 Å². The third-order valence-electron chi connectivity index (χ3n) is 4.66. The van der Waals surface area contributed by atoms with Crippen molar-refractivity contribution < 1.29 is 13.2 Å². The molecule has 0 saturated carbocycles. The number of thiophene rings is 1. The summed E-state index contributed by atoms with van der Waals surface area (Å²) in [5.74, 6) is -0.0908. The minimum Gasteiger partial charge on any atom is -0.334 e. The van der Waals surface area contributed by atoms with Gasteiger partial charge in [-0.15, -0.1) is 17.9 Å². The highest BCUT2D eigenvalue weighted by Gasteiger charge is 2.33. The van der Waals surface area contributed by atoms with Gasteiger partial charge in [0.25, 0.3) is 0 Å². The Kier molecular flexibility index (Phi) is 6.41. The van der Waals surface area contributed by atoms with Gasteiger partial charge in [0.2, 0.25) is 15.9 Å². The second-order valence-corrected chi connectivity index (χ2v) is 9.42. The van der Waals surface area contributed by atoms with Gasteiger partial charge in [0.1, 0.15) is 4.90 Å². The highest BCUT2D eigenvalue weighted by atomic mass is 32.2. The molecule has 2 aromatic heterocycles. The second-order valence-electron chi connectivity index (χ2n) is 6.45. The van der Waals surface area contributed by atoms with Crippen LogP contribution in [0.2, 0.25) is 0 Å². The summed E-state index contributed by atoms with van der Waals surface area (Å²) < 4.78 is 26.8. The van der Waals surface area contributed by atoms with Gasteiger partial charge in [0.15, 0.2) is 0 Å². The second kappa shape index (κ2) is 8.77. The fourth-order valence-electron chi connectivity index (χ4n) is 3.23. The van der Waals surface area contributed by atoms with Gasteiger partial charge in [-0.25, -0.2) is 8.42 Å². The maximum atomic E-state index is 12.9. The van der Waals surface area contributed by atoms with E-state index in [1.807, 2.05) is 17.5 Å². The molecule has 0 bridgehead atoms. The molecule has 144 valence electrons. The van der Waals surface area contributed by atoms with Crippen LogP contribution in [-0.2, 0) is 21.4 Å². The number of sulfonamides is 1. The molecule has 3 heterocycles. The Hall–Kier alpha value is -2.03. The molecular formula is C19H23N3O3S2. The molecule has 1 aliphatic heterocycles. The van der Waals surface area contributed by atoms with Crippen molar-refractivity contribution in [1.29, 1.82) is 0 Å². The van der Waals surface area contributed by atoms with Crippen molar-refractivity contribution in [2.24, 2.45) is 5.92 Å². The number of carbonyl (C=O) groups excluding carboxylic acids is 1. The Labute approximate surface area is 164 Å². The fourth-order valence-corrected chi connectivity index (χ4v) is 5.38. The van der Waals surface area contributed by atoms with Gasteiger partial charge in [-0.05, 0) is 36.4 Å². The summed E-state index contributed by atoms with van der Waals surface area (Å²) in [6, 6.07) is 7.14. The Morgan fingerprint density at radius 3 is 2.70 bits per heavy atom. The summed E-state index contributed by atoms with van der Waals surface area (Å²) in [4.78, 5) is 20.0. The number of pyridine rings is 1. The Balaban J connectivity index is 1.63. The zero-order valence-electron chi connectivity index (χ0n) is 15.0. The van der Waals surface area contributed by atoms with Gasteiger partial charge in [-0.1, -0.05) is 12.1 Å². The largest absolute Gasteiger partial charge is 0.334 e. The molecule has 27 heavy (non-hydrogen) atoms. The molecule has 0 atom stereocenters. The van der Waals surface area contributed by atoms with Crippen LogP contribution >= 0.6 is 11.3 Å². The van der Waals surface area contributed by atoms with E-state index in [1.54, 1.807) is 40.6 Å². The highest BCUT2D eigenvalue weighted by molar-refractivity contribution is 7.89. The Bertz CT molecular complexity index is 859. The maximum absolute atomic E-state index is 12.9. The van der Waals surface area contributed by atoms with Crippen molar-refractivity contribution in [2.45, 2.75) is 24.3 Å². The monoisotopic (exact) mass is 405 g/mol. The van der Waals surface area contributed by atoms with E-state index in [2.05, 4.69) is 11.6 Å². The highest BCUT2D eigenvalue weighted by Crippen LogP contribution is 2.25. The zero-order valence-corrected chi connectivity index (χ0v) is 16.7. The molecule has 8 heteroatoms. The van der Waals surface area contributed by atoms with Gasteiger partial charge in [0, 0.05) is 42.8 Å². The van der Waals surface area contributed by atoms with Crippen LogP contribution in [0.4, 0.5) is 0 Å². The molecule has 1 aliphatic rings. The molecule has 0 spiro atoms. The number of aromatic nitrogens is 1. The maximum Gasteiger partial charge on any atom is 0.244 e. The molecule has 1 amide bonds. The lowest BCUT2D eigenvalue weighted by molar-refractivity contribution is -0.136. The predicted molar refractivity (Wildman–Crippen MR) is 106 cm³/mol. The summed E-state index contributed by atoms with van der Waals surface area (Å²) in [6.45, 7) is 5.49. The summed E-state index contributed by atoms with van der Waals surface area (Å²) in [6.07, 6.45) is 5.69. The average molecular weight is 406 g/mol. The third kappa shape index (κ3) is 4.63. The molecule has 0 N–H and O–H groups in total. The van der Waals surface area contributed by atoms with Gasteiger partial charge in [0.05, 0.1) is 6.54 Å². The molecule has 0 unspecified atom stereocenters. The molecule has 2 aromatic rings. The van der Waals surface area contributed by atoms with Crippen molar-refractivity contribution in [3.8, 4) is 0 Å². The van der Waals surface area contributed by atoms with Gasteiger partial charge in [-0.2, -0.15) is 4.31 Å². The minimum atomic E-state index is -3.55. The van der Waals surface area contributed by atoms with Crippen LogP contribution in [0.1, 0.15) is 17.7 Å². The minimum absolute atomic E-state index is 0.0710. The zero-order chi connectivity index (χ0) is 19.3. The van der Waals surface area contributed by atoms with E-state index in [1.165, 1.54) is 10.5 Å². The van der Waals surface area contributed by atoms with Crippen molar-refractivity contribution in [3.05, 3.63) is 59.6 Å². The molecular weight excluding hydrogens is 382 g/mol. The van der Waals surface area contributed by atoms with Crippen LogP contribution in [0.25, 0.3) is 0 Å². The van der Waals surface area contributed by atoms with Crippen molar-refractivity contribution in [3.63, 3.8) is 0 Å². The summed E-state index contributed by atoms with van der Waals surface area (Å²) >= 11 is 1.62. The van der Waals surface area contributed by atoms with E-state index < -0.39 is 10.0 Å². The van der Waals surface area contributed by atoms with E-state index in [0.717, 1.165) is 4.88 Å². The average Bonchev–Trinajstić information content (AvgIpc) is 3.21. The Morgan fingerprint density at radius 1 is 1.33 bits per heavy atom. The number of piperidine rings is 1. The number of hydrogen-bond donors (Lipinski definition) is 0. The van der Waals surface area contributed by atoms with Crippen LogP contribution in [0, 0.1) is 5.92 Å². The van der Waals surface area contributed by atoms with Gasteiger partial charge < -0.3 is 4.90 Å². The lowest BCUT2D eigenvalue weighted by Crippen LogP contribution is -2.44.